The molecule has 1 aliphatic heterocycles. The van der Waals surface area contributed by atoms with Gasteiger partial charge in [0.1, 0.15) is 12.2 Å². The van der Waals surface area contributed by atoms with Crippen LogP contribution < -0.4 is 10.1 Å². The van der Waals surface area contributed by atoms with Gasteiger partial charge in [0.15, 0.2) is 0 Å². The Morgan fingerprint density at radius 3 is 3.08 bits per heavy atom. The van der Waals surface area contributed by atoms with E-state index in [1.165, 1.54) is 6.42 Å². The maximum absolute atomic E-state index is 12.3. The van der Waals surface area contributed by atoms with Crippen molar-refractivity contribution in [3.8, 4) is 5.88 Å². The average molecular weight is 331 g/mol. The van der Waals surface area contributed by atoms with Crippen molar-refractivity contribution in [2.75, 3.05) is 20.2 Å². The number of fused-ring (bicyclic) bond motifs is 1. The molecule has 3 rings (SSSR count). The quantitative estimate of drug-likeness (QED) is 0.881. The van der Waals surface area contributed by atoms with Crippen LogP contribution in [0.3, 0.4) is 0 Å². The molecule has 0 spiro atoms. The summed E-state index contributed by atoms with van der Waals surface area (Å²) >= 11 is 0. The van der Waals surface area contributed by atoms with E-state index in [0.717, 1.165) is 23.9 Å². The maximum atomic E-state index is 12.3. The highest BCUT2D eigenvalue weighted by Gasteiger charge is 2.27. The van der Waals surface area contributed by atoms with Crippen LogP contribution in [0.25, 0.3) is 11.0 Å². The molecule has 1 atom stereocenters. The van der Waals surface area contributed by atoms with Gasteiger partial charge in [-0.1, -0.05) is 0 Å². The minimum atomic E-state index is -0.470. The lowest BCUT2D eigenvalue weighted by Gasteiger charge is -2.27. The molecule has 0 aromatic carbocycles. The Balaban J connectivity index is 1.55. The van der Waals surface area contributed by atoms with Gasteiger partial charge in [-0.2, -0.15) is 0 Å². The molecule has 6 nitrogen and oxygen atoms in total. The SMILES string of the molecule is CN1CCCC1CC(=O)NC(C)(C)COc1nccc2occc12. The van der Waals surface area contributed by atoms with Crippen LogP contribution in [-0.2, 0) is 4.79 Å². The Morgan fingerprint density at radius 2 is 2.33 bits per heavy atom. The van der Waals surface area contributed by atoms with Gasteiger partial charge in [-0.3, -0.25) is 4.79 Å². The first kappa shape index (κ1) is 16.8. The number of likely N-dealkylation sites (tertiary alicyclic amines) is 1. The Hall–Kier alpha value is -2.08. The van der Waals surface area contributed by atoms with Crippen molar-refractivity contribution < 1.29 is 13.9 Å². The summed E-state index contributed by atoms with van der Waals surface area (Å²) in [5.41, 5.74) is 0.271. The normalized spacial score (nSPS) is 18.9. The molecule has 1 fully saturated rings. The molecule has 130 valence electrons. The third-order valence-electron chi connectivity index (χ3n) is 4.48. The van der Waals surface area contributed by atoms with Crippen molar-refractivity contribution >= 4 is 16.9 Å². The van der Waals surface area contributed by atoms with Crippen molar-refractivity contribution in [2.24, 2.45) is 0 Å². The number of hydrogen-bond acceptors (Lipinski definition) is 5. The minimum Gasteiger partial charge on any atom is -0.475 e. The predicted molar refractivity (Wildman–Crippen MR) is 92.0 cm³/mol. The minimum absolute atomic E-state index is 0.0665. The summed E-state index contributed by atoms with van der Waals surface area (Å²) in [4.78, 5) is 18.8. The summed E-state index contributed by atoms with van der Waals surface area (Å²) in [6, 6.07) is 3.98. The maximum Gasteiger partial charge on any atom is 0.224 e. The van der Waals surface area contributed by atoms with E-state index in [2.05, 4.69) is 22.2 Å². The molecular formula is C18H25N3O3. The predicted octanol–water partition coefficient (Wildman–Crippen LogP) is 2.59. The van der Waals surface area contributed by atoms with Crippen LogP contribution in [0.2, 0.25) is 0 Å². The van der Waals surface area contributed by atoms with Gasteiger partial charge < -0.3 is 19.4 Å². The van der Waals surface area contributed by atoms with Gasteiger partial charge in [-0.05, 0) is 52.4 Å². The summed E-state index contributed by atoms with van der Waals surface area (Å²) < 4.78 is 11.2. The second-order valence-corrected chi connectivity index (χ2v) is 7.15. The number of amides is 1. The molecule has 1 N–H and O–H groups in total. The fourth-order valence-corrected chi connectivity index (χ4v) is 3.15. The van der Waals surface area contributed by atoms with Crippen molar-refractivity contribution in [3.63, 3.8) is 0 Å². The van der Waals surface area contributed by atoms with Crippen LogP contribution >= 0.6 is 0 Å². The zero-order valence-electron chi connectivity index (χ0n) is 14.5. The Bertz CT molecular complexity index is 710. The van der Waals surface area contributed by atoms with Gasteiger partial charge in [0, 0.05) is 18.7 Å². The van der Waals surface area contributed by atoms with E-state index in [0.29, 0.717) is 24.9 Å². The summed E-state index contributed by atoms with van der Waals surface area (Å²) in [5.74, 6) is 0.593. The third-order valence-corrected chi connectivity index (χ3v) is 4.48. The van der Waals surface area contributed by atoms with Gasteiger partial charge >= 0.3 is 0 Å². The number of aromatic nitrogens is 1. The molecule has 1 unspecified atom stereocenters. The molecule has 0 bridgehead atoms. The number of furan rings is 1. The molecule has 0 saturated carbocycles. The Kier molecular flexibility index (Phi) is 4.76. The van der Waals surface area contributed by atoms with E-state index in [1.54, 1.807) is 18.5 Å². The molecular weight excluding hydrogens is 306 g/mol. The van der Waals surface area contributed by atoms with E-state index < -0.39 is 5.54 Å². The lowest BCUT2D eigenvalue weighted by molar-refractivity contribution is -0.124. The number of hydrogen-bond donors (Lipinski definition) is 1. The van der Waals surface area contributed by atoms with Crippen molar-refractivity contribution in [1.82, 2.24) is 15.2 Å². The highest BCUT2D eigenvalue weighted by Crippen LogP contribution is 2.24. The standard InChI is InChI=1S/C18H25N3O3/c1-18(2,20-16(22)11-13-5-4-9-21(13)3)12-24-17-14-7-10-23-15(14)6-8-19-17/h6-8,10,13H,4-5,9,11-12H2,1-3H3,(H,20,22). The van der Waals surface area contributed by atoms with Gasteiger partial charge in [-0.15, -0.1) is 0 Å². The number of nitrogens with zero attached hydrogens (tertiary/aromatic N) is 2. The molecule has 1 aliphatic rings. The van der Waals surface area contributed by atoms with E-state index >= 15 is 0 Å². The fraction of sp³-hybridized carbons (Fsp3) is 0.556. The van der Waals surface area contributed by atoms with E-state index in [4.69, 9.17) is 9.15 Å². The molecule has 3 heterocycles. The first-order chi connectivity index (χ1) is 11.4. The molecule has 1 saturated heterocycles. The lowest BCUT2D eigenvalue weighted by Crippen LogP contribution is -2.49. The van der Waals surface area contributed by atoms with E-state index in [-0.39, 0.29) is 5.91 Å². The summed E-state index contributed by atoms with van der Waals surface area (Å²) in [5, 5.41) is 3.91. The molecule has 0 aliphatic carbocycles. The number of carbonyl (C=O) groups is 1. The molecule has 0 radical (unpaired) electrons. The Morgan fingerprint density at radius 1 is 1.50 bits per heavy atom. The second kappa shape index (κ2) is 6.81. The van der Waals surface area contributed by atoms with Gasteiger partial charge in [-0.25, -0.2) is 4.98 Å². The van der Waals surface area contributed by atoms with Crippen molar-refractivity contribution in [3.05, 3.63) is 24.6 Å². The highest BCUT2D eigenvalue weighted by atomic mass is 16.5. The topological polar surface area (TPSA) is 67.6 Å². The van der Waals surface area contributed by atoms with Crippen LogP contribution in [-0.4, -0.2) is 47.6 Å². The number of pyridine rings is 1. The van der Waals surface area contributed by atoms with E-state index in [9.17, 15) is 4.79 Å². The largest absolute Gasteiger partial charge is 0.475 e. The molecule has 2 aromatic heterocycles. The van der Waals surface area contributed by atoms with Crippen molar-refractivity contribution in [1.29, 1.82) is 0 Å². The first-order valence-electron chi connectivity index (χ1n) is 8.41. The number of nitrogens with one attached hydrogen (secondary N) is 1. The Labute approximate surface area is 142 Å². The van der Waals surface area contributed by atoms with Gasteiger partial charge in [0.05, 0.1) is 17.2 Å². The fourth-order valence-electron chi connectivity index (χ4n) is 3.15. The van der Waals surface area contributed by atoms with Gasteiger partial charge in [0.25, 0.3) is 0 Å². The first-order valence-corrected chi connectivity index (χ1v) is 8.41. The van der Waals surface area contributed by atoms with Crippen LogP contribution in [0, 0.1) is 0 Å². The lowest BCUT2D eigenvalue weighted by atomic mass is 10.1. The molecule has 1 amide bonds. The molecule has 6 heteroatoms. The monoisotopic (exact) mass is 331 g/mol. The van der Waals surface area contributed by atoms with Crippen LogP contribution in [0.5, 0.6) is 5.88 Å². The summed E-state index contributed by atoms with van der Waals surface area (Å²) in [7, 11) is 2.08. The smallest absolute Gasteiger partial charge is 0.224 e. The zero-order valence-corrected chi connectivity index (χ0v) is 14.5. The zero-order chi connectivity index (χ0) is 17.2. The van der Waals surface area contributed by atoms with Crippen molar-refractivity contribution in [2.45, 2.75) is 44.7 Å². The van der Waals surface area contributed by atoms with E-state index in [1.807, 2.05) is 19.9 Å². The summed E-state index contributed by atoms with van der Waals surface area (Å²) in [6.45, 7) is 5.33. The van der Waals surface area contributed by atoms with Crippen LogP contribution in [0.4, 0.5) is 0 Å². The third kappa shape index (κ3) is 3.87. The van der Waals surface area contributed by atoms with Crippen LogP contribution in [0.15, 0.2) is 29.0 Å². The molecule has 24 heavy (non-hydrogen) atoms. The highest BCUT2D eigenvalue weighted by molar-refractivity contribution is 5.81. The van der Waals surface area contributed by atoms with Crippen LogP contribution in [0.1, 0.15) is 33.1 Å². The molecule has 2 aromatic rings. The number of rotatable bonds is 6. The average Bonchev–Trinajstić information content (AvgIpc) is 3.14. The number of carbonyl (C=O) groups excluding carboxylic acids is 1. The number of ether oxygens (including phenoxy) is 1. The van der Waals surface area contributed by atoms with Gasteiger partial charge in [0.2, 0.25) is 11.8 Å². The second-order valence-electron chi connectivity index (χ2n) is 7.15. The summed E-state index contributed by atoms with van der Waals surface area (Å²) in [6.07, 6.45) is 6.07.